The molecule has 2 saturated heterocycles. The third-order valence-electron chi connectivity index (χ3n) is 4.93. The average Bonchev–Trinajstić information content (AvgIpc) is 3.21. The molecule has 6 nitrogen and oxygen atoms in total. The van der Waals surface area contributed by atoms with Gasteiger partial charge < -0.3 is 14.9 Å². The monoisotopic (exact) mass is 384 g/mol. The molecule has 146 valence electrons. The van der Waals surface area contributed by atoms with Crippen LogP contribution in [0.15, 0.2) is 18.2 Å². The maximum atomic E-state index is 13.3. The fourth-order valence-corrected chi connectivity index (χ4v) is 3.66. The van der Waals surface area contributed by atoms with Crippen LogP contribution in [0.25, 0.3) is 0 Å². The van der Waals surface area contributed by atoms with Crippen LogP contribution in [-0.4, -0.2) is 46.9 Å². The number of nitrogens with zero attached hydrogens (tertiary/aromatic N) is 2. The van der Waals surface area contributed by atoms with Gasteiger partial charge in [0.2, 0.25) is 5.91 Å². The number of alkyl halides is 3. The molecule has 1 aromatic rings. The molecule has 0 bridgehead atoms. The summed E-state index contributed by atoms with van der Waals surface area (Å²) in [4.78, 5) is 38.3. The van der Waals surface area contributed by atoms with Gasteiger partial charge in [0.15, 0.2) is 0 Å². The fourth-order valence-electron chi connectivity index (χ4n) is 3.66. The molecular weight excluding hydrogens is 365 g/mol. The van der Waals surface area contributed by atoms with Gasteiger partial charge in [-0.2, -0.15) is 13.2 Å². The molecule has 2 aliphatic rings. The Morgan fingerprint density at radius 3 is 2.48 bits per heavy atom. The summed E-state index contributed by atoms with van der Waals surface area (Å²) >= 11 is 0. The van der Waals surface area contributed by atoms with E-state index in [1.165, 1.54) is 15.9 Å². The highest BCUT2D eigenvalue weighted by Gasteiger charge is 2.36. The Labute approximate surface area is 153 Å². The van der Waals surface area contributed by atoms with E-state index in [4.69, 9.17) is 5.11 Å². The molecule has 2 heterocycles. The summed E-state index contributed by atoms with van der Waals surface area (Å²) in [6.45, 7) is 0.601. The Balaban J connectivity index is 1.97. The third kappa shape index (κ3) is 4.06. The lowest BCUT2D eigenvalue weighted by molar-refractivity contribution is -0.138. The van der Waals surface area contributed by atoms with Crippen molar-refractivity contribution in [3.63, 3.8) is 0 Å². The van der Waals surface area contributed by atoms with Crippen molar-refractivity contribution in [2.75, 3.05) is 18.0 Å². The first-order valence-corrected chi connectivity index (χ1v) is 8.72. The number of hydrogen-bond acceptors (Lipinski definition) is 3. The van der Waals surface area contributed by atoms with Crippen molar-refractivity contribution in [1.82, 2.24) is 4.90 Å². The molecule has 0 aromatic heterocycles. The van der Waals surface area contributed by atoms with Crippen LogP contribution in [0.4, 0.5) is 18.9 Å². The van der Waals surface area contributed by atoms with E-state index >= 15 is 0 Å². The SMILES string of the molecule is O=C(O)CC1CCCN1C(=O)c1cc(N2CCCC2=O)cc(C(F)(F)F)c1. The quantitative estimate of drug-likeness (QED) is 0.866. The summed E-state index contributed by atoms with van der Waals surface area (Å²) in [5.41, 5.74) is -1.14. The van der Waals surface area contributed by atoms with Gasteiger partial charge in [-0.25, -0.2) is 0 Å². The number of amides is 2. The molecule has 3 rings (SSSR count). The van der Waals surface area contributed by atoms with Crippen molar-refractivity contribution in [3.8, 4) is 0 Å². The van der Waals surface area contributed by atoms with E-state index in [1.807, 2.05) is 0 Å². The first-order chi connectivity index (χ1) is 12.7. The first kappa shape index (κ1) is 19.2. The van der Waals surface area contributed by atoms with Crippen LogP contribution in [0, 0.1) is 0 Å². The predicted octanol–water partition coefficient (Wildman–Crippen LogP) is 2.91. The zero-order valence-corrected chi connectivity index (χ0v) is 14.5. The predicted molar refractivity (Wildman–Crippen MR) is 89.3 cm³/mol. The second-order valence-corrected chi connectivity index (χ2v) is 6.81. The molecule has 0 radical (unpaired) electrons. The van der Waals surface area contributed by atoms with Gasteiger partial charge in [-0.1, -0.05) is 0 Å². The van der Waals surface area contributed by atoms with Gasteiger partial charge in [0, 0.05) is 36.8 Å². The van der Waals surface area contributed by atoms with E-state index in [2.05, 4.69) is 0 Å². The topological polar surface area (TPSA) is 77.9 Å². The van der Waals surface area contributed by atoms with Crippen LogP contribution < -0.4 is 4.90 Å². The third-order valence-corrected chi connectivity index (χ3v) is 4.93. The summed E-state index contributed by atoms with van der Waals surface area (Å²) in [5, 5.41) is 8.98. The largest absolute Gasteiger partial charge is 0.481 e. The van der Waals surface area contributed by atoms with Crippen molar-refractivity contribution in [3.05, 3.63) is 29.3 Å². The second-order valence-electron chi connectivity index (χ2n) is 6.81. The molecular formula is C18H19F3N2O4. The number of likely N-dealkylation sites (tertiary alicyclic amines) is 1. The summed E-state index contributed by atoms with van der Waals surface area (Å²) in [5.74, 6) is -1.98. The van der Waals surface area contributed by atoms with Crippen molar-refractivity contribution < 1.29 is 32.7 Å². The number of halogens is 3. The molecule has 9 heteroatoms. The van der Waals surface area contributed by atoms with E-state index in [9.17, 15) is 27.6 Å². The maximum Gasteiger partial charge on any atom is 0.416 e. The Kier molecular flexibility index (Phi) is 5.12. The molecule has 2 fully saturated rings. The Morgan fingerprint density at radius 2 is 1.89 bits per heavy atom. The minimum atomic E-state index is -4.67. The van der Waals surface area contributed by atoms with Crippen LogP contribution in [0.5, 0.6) is 0 Å². The lowest BCUT2D eigenvalue weighted by atomic mass is 10.1. The zero-order chi connectivity index (χ0) is 19.8. The number of anilines is 1. The number of aliphatic carboxylic acids is 1. The van der Waals surface area contributed by atoms with E-state index in [0.717, 1.165) is 12.1 Å². The van der Waals surface area contributed by atoms with E-state index in [1.54, 1.807) is 0 Å². The summed E-state index contributed by atoms with van der Waals surface area (Å²) < 4.78 is 39.9. The minimum absolute atomic E-state index is 0.0460. The van der Waals surface area contributed by atoms with Gasteiger partial charge >= 0.3 is 12.1 Å². The smallest absolute Gasteiger partial charge is 0.416 e. The van der Waals surface area contributed by atoms with Crippen molar-refractivity contribution >= 4 is 23.5 Å². The number of benzene rings is 1. The molecule has 0 aliphatic carbocycles. The van der Waals surface area contributed by atoms with Crippen LogP contribution >= 0.6 is 0 Å². The van der Waals surface area contributed by atoms with Gasteiger partial charge in [-0.3, -0.25) is 14.4 Å². The Morgan fingerprint density at radius 1 is 1.15 bits per heavy atom. The highest BCUT2D eigenvalue weighted by Crippen LogP contribution is 2.35. The first-order valence-electron chi connectivity index (χ1n) is 8.72. The number of carboxylic acid groups (broad SMARTS) is 1. The van der Waals surface area contributed by atoms with Gasteiger partial charge in [0.05, 0.1) is 12.0 Å². The lowest BCUT2D eigenvalue weighted by Gasteiger charge is -2.25. The number of carbonyl (C=O) groups excluding carboxylic acids is 2. The van der Waals surface area contributed by atoms with Gasteiger partial charge in [-0.15, -0.1) is 0 Å². The highest BCUT2D eigenvalue weighted by atomic mass is 19.4. The molecule has 2 amide bonds. The fraction of sp³-hybridized carbons (Fsp3) is 0.500. The average molecular weight is 384 g/mol. The number of rotatable bonds is 4. The molecule has 1 N–H and O–H groups in total. The van der Waals surface area contributed by atoms with Gasteiger partial charge in [-0.05, 0) is 37.5 Å². The number of carbonyl (C=O) groups is 3. The van der Waals surface area contributed by atoms with E-state index < -0.39 is 29.7 Å². The Hall–Kier alpha value is -2.58. The van der Waals surface area contributed by atoms with Crippen LogP contribution in [0.2, 0.25) is 0 Å². The molecule has 1 atom stereocenters. The van der Waals surface area contributed by atoms with Crippen molar-refractivity contribution in [2.45, 2.75) is 44.3 Å². The summed E-state index contributed by atoms with van der Waals surface area (Å²) in [6.07, 6.45) is -3.02. The molecule has 0 saturated carbocycles. The molecule has 1 unspecified atom stereocenters. The molecule has 2 aliphatic heterocycles. The van der Waals surface area contributed by atoms with Crippen molar-refractivity contribution in [2.24, 2.45) is 0 Å². The molecule has 1 aromatic carbocycles. The molecule has 27 heavy (non-hydrogen) atoms. The van der Waals surface area contributed by atoms with Crippen LogP contribution in [-0.2, 0) is 15.8 Å². The van der Waals surface area contributed by atoms with E-state index in [-0.39, 0.29) is 30.0 Å². The van der Waals surface area contributed by atoms with Gasteiger partial charge in [0.25, 0.3) is 5.91 Å². The highest BCUT2D eigenvalue weighted by molar-refractivity contribution is 5.99. The maximum absolute atomic E-state index is 13.3. The zero-order valence-electron chi connectivity index (χ0n) is 14.5. The standard InChI is InChI=1S/C18H19F3N2O4/c19-18(20,21)12-7-11(8-14(9-12)22-5-2-4-15(22)24)17(27)23-6-1-3-13(23)10-16(25)26/h7-9,13H,1-6,10H2,(H,25,26). The van der Waals surface area contributed by atoms with Crippen LogP contribution in [0.1, 0.15) is 48.0 Å². The van der Waals surface area contributed by atoms with E-state index in [0.29, 0.717) is 32.4 Å². The van der Waals surface area contributed by atoms with Crippen molar-refractivity contribution in [1.29, 1.82) is 0 Å². The van der Waals surface area contributed by atoms with Crippen LogP contribution in [0.3, 0.4) is 0 Å². The second kappa shape index (κ2) is 7.21. The summed E-state index contributed by atoms with van der Waals surface area (Å²) in [6, 6.07) is 2.39. The number of hydrogen-bond donors (Lipinski definition) is 1. The Bertz CT molecular complexity index is 778. The summed E-state index contributed by atoms with van der Waals surface area (Å²) in [7, 11) is 0. The normalized spacial score (nSPS) is 20.4. The minimum Gasteiger partial charge on any atom is -0.481 e. The number of carboxylic acids is 1. The lowest BCUT2D eigenvalue weighted by Crippen LogP contribution is -2.37. The molecule has 0 spiro atoms. The van der Waals surface area contributed by atoms with Gasteiger partial charge in [0.1, 0.15) is 0 Å².